The molecule has 3 rings (SSSR count). The number of likely N-dealkylation sites (N-methyl/N-ethyl adjacent to an activating group) is 1. The molecule has 0 spiro atoms. The third kappa shape index (κ3) is 4.20. The summed E-state index contributed by atoms with van der Waals surface area (Å²) in [5.74, 6) is -0.0315. The van der Waals surface area contributed by atoms with Crippen molar-refractivity contribution in [3.05, 3.63) is 35.4 Å². The second kappa shape index (κ2) is 8.27. The molecule has 0 saturated carbocycles. The molecule has 1 heterocycles. The number of nitrogens with zero attached hydrogens (tertiary/aromatic N) is 1. The number of fused-ring (bicyclic) bond motifs is 1. The van der Waals surface area contributed by atoms with Crippen molar-refractivity contribution in [2.24, 2.45) is 0 Å². The highest BCUT2D eigenvalue weighted by atomic mass is 16.5. The number of nitrogens with one attached hydrogen (secondary N) is 1. The highest BCUT2D eigenvalue weighted by molar-refractivity contribution is 5.78. The van der Waals surface area contributed by atoms with E-state index in [0.717, 1.165) is 19.3 Å². The van der Waals surface area contributed by atoms with E-state index >= 15 is 0 Å². The Kier molecular flexibility index (Phi) is 6.06. The monoisotopic (exact) mass is 348 g/mol. The second-order valence-corrected chi connectivity index (χ2v) is 7.00. The highest BCUT2D eigenvalue weighted by Crippen LogP contribution is 2.29. The fraction of sp³-hybridized carbons (Fsp3) is 0.632. The molecule has 138 valence electrons. The average molecular weight is 348 g/mol. The molecule has 4 atom stereocenters. The Labute approximate surface area is 149 Å². The molecule has 1 saturated heterocycles. The lowest BCUT2D eigenvalue weighted by Crippen LogP contribution is -2.57. The maximum atomic E-state index is 12.5. The van der Waals surface area contributed by atoms with Gasteiger partial charge in [0.2, 0.25) is 5.91 Å². The lowest BCUT2D eigenvalue weighted by molar-refractivity contribution is -0.145. The number of amides is 1. The normalized spacial score (nSPS) is 29.3. The van der Waals surface area contributed by atoms with E-state index in [4.69, 9.17) is 9.47 Å². The number of carbonyl (C=O) groups excluding carboxylic acids is 1. The minimum Gasteiger partial charge on any atom is -0.389 e. The molecule has 0 radical (unpaired) electrons. The summed E-state index contributed by atoms with van der Waals surface area (Å²) >= 11 is 0. The fourth-order valence-corrected chi connectivity index (χ4v) is 3.83. The van der Waals surface area contributed by atoms with Crippen molar-refractivity contribution >= 4 is 5.91 Å². The van der Waals surface area contributed by atoms with E-state index in [1.165, 1.54) is 11.1 Å². The molecule has 25 heavy (non-hydrogen) atoms. The summed E-state index contributed by atoms with van der Waals surface area (Å²) in [7, 11) is 3.40. The first-order valence-corrected chi connectivity index (χ1v) is 8.96. The Morgan fingerprint density at radius 1 is 1.40 bits per heavy atom. The van der Waals surface area contributed by atoms with Gasteiger partial charge in [-0.05, 0) is 37.4 Å². The Morgan fingerprint density at radius 2 is 2.20 bits per heavy atom. The molecule has 1 aromatic rings. The molecular formula is C19H28N2O4. The molecular weight excluding hydrogens is 320 g/mol. The van der Waals surface area contributed by atoms with Crippen LogP contribution in [0.5, 0.6) is 0 Å². The van der Waals surface area contributed by atoms with Gasteiger partial charge in [0.15, 0.2) is 0 Å². The maximum absolute atomic E-state index is 12.5. The molecule has 2 N–H and O–H groups in total. The van der Waals surface area contributed by atoms with Crippen LogP contribution in [0.4, 0.5) is 0 Å². The molecule has 1 fully saturated rings. The van der Waals surface area contributed by atoms with Crippen LogP contribution in [0.3, 0.4) is 0 Å². The second-order valence-electron chi connectivity index (χ2n) is 7.00. The van der Waals surface area contributed by atoms with E-state index < -0.39 is 6.10 Å². The fourth-order valence-electron chi connectivity index (χ4n) is 3.83. The van der Waals surface area contributed by atoms with Crippen LogP contribution in [0.25, 0.3) is 0 Å². The molecule has 0 bridgehead atoms. The molecule has 1 unspecified atom stereocenters. The molecule has 1 aliphatic carbocycles. The third-order valence-electron chi connectivity index (χ3n) is 5.31. The van der Waals surface area contributed by atoms with Gasteiger partial charge in [-0.15, -0.1) is 0 Å². The van der Waals surface area contributed by atoms with E-state index in [9.17, 15) is 9.90 Å². The van der Waals surface area contributed by atoms with Gasteiger partial charge in [0.25, 0.3) is 0 Å². The number of hydrogen-bond acceptors (Lipinski definition) is 5. The van der Waals surface area contributed by atoms with Gasteiger partial charge in [0.05, 0.1) is 31.8 Å². The van der Waals surface area contributed by atoms with E-state index in [0.29, 0.717) is 13.2 Å². The van der Waals surface area contributed by atoms with E-state index in [1.54, 1.807) is 7.11 Å². The summed E-state index contributed by atoms with van der Waals surface area (Å²) in [6.45, 7) is 1.00. The Bertz CT molecular complexity index is 595. The topological polar surface area (TPSA) is 71.0 Å². The van der Waals surface area contributed by atoms with Crippen LogP contribution in [0, 0.1) is 0 Å². The number of ether oxygens (including phenoxy) is 2. The van der Waals surface area contributed by atoms with Gasteiger partial charge in [0.1, 0.15) is 12.2 Å². The number of aryl methyl sites for hydroxylation is 1. The maximum Gasteiger partial charge on any atom is 0.234 e. The van der Waals surface area contributed by atoms with Crippen molar-refractivity contribution < 1.29 is 19.4 Å². The summed E-state index contributed by atoms with van der Waals surface area (Å²) in [5, 5.41) is 13.5. The van der Waals surface area contributed by atoms with Crippen LogP contribution in [-0.4, -0.2) is 68.1 Å². The summed E-state index contributed by atoms with van der Waals surface area (Å²) in [4.78, 5) is 14.4. The van der Waals surface area contributed by atoms with E-state index in [1.807, 2.05) is 24.1 Å². The van der Waals surface area contributed by atoms with Crippen LogP contribution in [0.1, 0.15) is 30.0 Å². The standard InChI is InChI=1S/C19H28N2O4/c1-21(16-11-25-12-17(24-2)19(16)23)10-18(22)20-15-9-5-7-13-6-3-4-8-14(13)15/h3-4,6,8,15-17,19,23H,5,7,9-12H2,1-2H3,(H,20,22)/t15?,16-,17-,19+/m1/s1. The Hall–Kier alpha value is -1.47. The van der Waals surface area contributed by atoms with Gasteiger partial charge in [-0.3, -0.25) is 9.69 Å². The number of hydrogen-bond donors (Lipinski definition) is 2. The minimum atomic E-state index is -0.660. The number of methoxy groups -OCH3 is 1. The predicted octanol–water partition coefficient (Wildman–Crippen LogP) is 0.887. The largest absolute Gasteiger partial charge is 0.389 e. The van der Waals surface area contributed by atoms with Crippen molar-refractivity contribution in [3.8, 4) is 0 Å². The first-order valence-electron chi connectivity index (χ1n) is 8.96. The number of benzene rings is 1. The third-order valence-corrected chi connectivity index (χ3v) is 5.31. The minimum absolute atomic E-state index is 0.0315. The van der Waals surface area contributed by atoms with Gasteiger partial charge in [0, 0.05) is 7.11 Å². The van der Waals surface area contributed by atoms with Crippen LogP contribution >= 0.6 is 0 Å². The van der Waals surface area contributed by atoms with Crippen LogP contribution in [0.2, 0.25) is 0 Å². The first-order chi connectivity index (χ1) is 12.1. The number of aliphatic hydroxyl groups excluding tert-OH is 1. The van der Waals surface area contributed by atoms with Crippen molar-refractivity contribution in [1.29, 1.82) is 0 Å². The molecule has 6 nitrogen and oxygen atoms in total. The van der Waals surface area contributed by atoms with Crippen LogP contribution in [0.15, 0.2) is 24.3 Å². The van der Waals surface area contributed by atoms with Crippen molar-refractivity contribution in [2.75, 3.05) is 33.9 Å². The highest BCUT2D eigenvalue weighted by Gasteiger charge is 2.36. The molecule has 1 amide bonds. The zero-order valence-electron chi connectivity index (χ0n) is 15.0. The molecule has 6 heteroatoms. The molecule has 1 aliphatic heterocycles. The summed E-state index contributed by atoms with van der Waals surface area (Å²) < 4.78 is 10.7. The first kappa shape index (κ1) is 18.3. The average Bonchev–Trinajstić information content (AvgIpc) is 2.62. The van der Waals surface area contributed by atoms with Crippen LogP contribution in [-0.2, 0) is 20.7 Å². The Morgan fingerprint density at radius 3 is 3.00 bits per heavy atom. The van der Waals surface area contributed by atoms with Gasteiger partial charge in [-0.1, -0.05) is 24.3 Å². The zero-order chi connectivity index (χ0) is 17.8. The van der Waals surface area contributed by atoms with Crippen molar-refractivity contribution in [1.82, 2.24) is 10.2 Å². The predicted molar refractivity (Wildman–Crippen MR) is 94.3 cm³/mol. The van der Waals surface area contributed by atoms with E-state index in [-0.39, 0.29) is 30.6 Å². The van der Waals surface area contributed by atoms with Gasteiger partial charge in [-0.2, -0.15) is 0 Å². The molecule has 0 aromatic heterocycles. The molecule has 1 aromatic carbocycles. The summed E-state index contributed by atoms with van der Waals surface area (Å²) in [6, 6.07) is 8.14. The van der Waals surface area contributed by atoms with Gasteiger partial charge < -0.3 is 19.9 Å². The summed E-state index contributed by atoms with van der Waals surface area (Å²) in [6.07, 6.45) is 2.11. The van der Waals surface area contributed by atoms with E-state index in [2.05, 4.69) is 17.4 Å². The lowest BCUT2D eigenvalue weighted by atomic mass is 9.88. The van der Waals surface area contributed by atoms with Gasteiger partial charge >= 0.3 is 0 Å². The van der Waals surface area contributed by atoms with Crippen LogP contribution < -0.4 is 5.32 Å². The van der Waals surface area contributed by atoms with Gasteiger partial charge in [-0.25, -0.2) is 0 Å². The summed E-state index contributed by atoms with van der Waals surface area (Å²) in [5.41, 5.74) is 2.55. The Balaban J connectivity index is 1.58. The quantitative estimate of drug-likeness (QED) is 0.827. The van der Waals surface area contributed by atoms with Crippen molar-refractivity contribution in [2.45, 2.75) is 43.6 Å². The number of rotatable bonds is 5. The lowest BCUT2D eigenvalue weighted by Gasteiger charge is -2.38. The van der Waals surface area contributed by atoms with Crippen molar-refractivity contribution in [3.63, 3.8) is 0 Å². The number of carbonyl (C=O) groups is 1. The SMILES string of the molecule is CO[C@@H]1COC[C@@H](N(C)CC(=O)NC2CCCc3ccccc32)[C@@H]1O. The molecule has 2 aliphatic rings. The smallest absolute Gasteiger partial charge is 0.234 e. The number of aliphatic hydroxyl groups is 1. The zero-order valence-corrected chi connectivity index (χ0v) is 15.0.